The van der Waals surface area contributed by atoms with E-state index < -0.39 is 17.8 Å². The number of aryl methyl sites for hydroxylation is 2. The topological polar surface area (TPSA) is 0 Å². The summed E-state index contributed by atoms with van der Waals surface area (Å²) in [6.07, 6.45) is 7.75. The minimum Gasteiger partial charge on any atom is -0.206 e. The lowest BCUT2D eigenvalue weighted by molar-refractivity contribution is 0.145. The molecule has 22 heavy (non-hydrogen) atoms. The zero-order valence-electron chi connectivity index (χ0n) is 13.4. The Kier molecular flexibility index (Phi) is 6.10. The molecule has 0 aliphatic heterocycles. The van der Waals surface area contributed by atoms with E-state index in [0.717, 1.165) is 5.92 Å². The maximum absolute atomic E-state index is 14.1. The van der Waals surface area contributed by atoms with Crippen LogP contribution in [-0.2, 0) is 6.42 Å². The molecule has 1 aliphatic carbocycles. The minimum absolute atomic E-state index is 0.322. The average Bonchev–Trinajstić information content (AvgIpc) is 2.47. The first-order valence-corrected chi connectivity index (χ1v) is 8.21. The summed E-state index contributed by atoms with van der Waals surface area (Å²) in [6, 6.07) is 3.22. The Labute approximate surface area is 131 Å². The number of alkyl halides is 2. The van der Waals surface area contributed by atoms with Crippen LogP contribution in [0.3, 0.4) is 0 Å². The summed E-state index contributed by atoms with van der Waals surface area (Å²) in [5, 5.41) is 0. The molecule has 0 heterocycles. The molecule has 1 fully saturated rings. The van der Waals surface area contributed by atoms with Crippen molar-refractivity contribution >= 4 is 0 Å². The van der Waals surface area contributed by atoms with E-state index in [2.05, 4.69) is 19.1 Å². The Morgan fingerprint density at radius 2 is 1.86 bits per heavy atom. The van der Waals surface area contributed by atoms with E-state index in [9.17, 15) is 13.2 Å². The second kappa shape index (κ2) is 7.85. The molecular weight excluding hydrogens is 285 g/mol. The average molecular weight is 310 g/mol. The van der Waals surface area contributed by atoms with Crippen LogP contribution in [0.25, 0.3) is 0 Å². The maximum atomic E-state index is 14.1. The Bertz CT molecular complexity index is 512. The summed E-state index contributed by atoms with van der Waals surface area (Å²) in [5.41, 5.74) is 0.272. The molecule has 122 valence electrons. The highest BCUT2D eigenvalue weighted by molar-refractivity contribution is 5.34. The molecule has 3 heteroatoms. The summed E-state index contributed by atoms with van der Waals surface area (Å²) < 4.78 is 39.9. The van der Waals surface area contributed by atoms with Crippen LogP contribution in [0.15, 0.2) is 24.3 Å². The number of rotatable bonds is 5. The van der Waals surface area contributed by atoms with Gasteiger partial charge in [0.2, 0.25) is 0 Å². The number of hydrogen-bond donors (Lipinski definition) is 0. The zero-order valence-corrected chi connectivity index (χ0v) is 13.4. The molecule has 0 radical (unpaired) electrons. The van der Waals surface area contributed by atoms with Crippen LogP contribution in [0.4, 0.5) is 13.2 Å². The maximum Gasteiger partial charge on any atom is 0.266 e. The number of benzene rings is 1. The Balaban J connectivity index is 1.91. The monoisotopic (exact) mass is 310 g/mol. The SMILES string of the molecule is Cc1ccc(CC/C=C/C2CCC(C)CC2)c(F)c1C(F)F. The molecule has 0 spiro atoms. The molecule has 1 saturated carbocycles. The molecule has 1 aliphatic rings. The first-order valence-electron chi connectivity index (χ1n) is 8.21. The van der Waals surface area contributed by atoms with Crippen molar-refractivity contribution in [1.82, 2.24) is 0 Å². The lowest BCUT2D eigenvalue weighted by atomic mass is 9.83. The van der Waals surface area contributed by atoms with Gasteiger partial charge in [0.05, 0.1) is 5.56 Å². The third kappa shape index (κ3) is 4.37. The highest BCUT2D eigenvalue weighted by Gasteiger charge is 2.19. The van der Waals surface area contributed by atoms with Crippen molar-refractivity contribution in [1.29, 1.82) is 0 Å². The predicted molar refractivity (Wildman–Crippen MR) is 84.7 cm³/mol. The number of hydrogen-bond acceptors (Lipinski definition) is 0. The van der Waals surface area contributed by atoms with E-state index in [0.29, 0.717) is 29.9 Å². The molecule has 2 rings (SSSR count). The van der Waals surface area contributed by atoms with Crippen molar-refractivity contribution in [3.8, 4) is 0 Å². The van der Waals surface area contributed by atoms with Crippen LogP contribution >= 0.6 is 0 Å². The molecule has 1 aromatic carbocycles. The first kappa shape index (κ1) is 17.1. The standard InChI is InChI=1S/C19H25F3/c1-13-7-10-15(11-8-13)5-3-4-6-16-12-9-14(2)17(18(16)20)19(21)22/h3,5,9,12-13,15,19H,4,6-8,10-11H2,1-2H3/b5-3+. The lowest BCUT2D eigenvalue weighted by Gasteiger charge is -2.23. The smallest absolute Gasteiger partial charge is 0.206 e. The van der Waals surface area contributed by atoms with E-state index in [-0.39, 0.29) is 0 Å². The van der Waals surface area contributed by atoms with Crippen molar-refractivity contribution < 1.29 is 13.2 Å². The van der Waals surface area contributed by atoms with Crippen molar-refractivity contribution in [2.24, 2.45) is 11.8 Å². The lowest BCUT2D eigenvalue weighted by Crippen LogP contribution is -2.10. The van der Waals surface area contributed by atoms with Gasteiger partial charge in [-0.2, -0.15) is 0 Å². The van der Waals surface area contributed by atoms with Crippen LogP contribution in [-0.4, -0.2) is 0 Å². The van der Waals surface area contributed by atoms with Gasteiger partial charge in [-0.3, -0.25) is 0 Å². The van der Waals surface area contributed by atoms with E-state index >= 15 is 0 Å². The molecule has 0 aromatic heterocycles. The van der Waals surface area contributed by atoms with Gasteiger partial charge in [0.1, 0.15) is 5.82 Å². The summed E-state index contributed by atoms with van der Waals surface area (Å²) >= 11 is 0. The van der Waals surface area contributed by atoms with E-state index in [1.54, 1.807) is 12.1 Å². The van der Waals surface area contributed by atoms with Gasteiger partial charge in [-0.15, -0.1) is 0 Å². The van der Waals surface area contributed by atoms with E-state index in [1.165, 1.54) is 32.6 Å². The summed E-state index contributed by atoms with van der Waals surface area (Å²) in [4.78, 5) is 0. The number of halogens is 3. The predicted octanol–water partition coefficient (Wildman–Crippen LogP) is 6.39. The normalized spacial score (nSPS) is 22.6. The molecule has 0 N–H and O–H groups in total. The van der Waals surface area contributed by atoms with Gasteiger partial charge in [-0.05, 0) is 55.6 Å². The Morgan fingerprint density at radius 3 is 2.50 bits per heavy atom. The third-order valence-electron chi connectivity index (χ3n) is 4.75. The van der Waals surface area contributed by atoms with Gasteiger partial charge in [0.25, 0.3) is 6.43 Å². The van der Waals surface area contributed by atoms with Gasteiger partial charge in [-0.25, -0.2) is 13.2 Å². The molecule has 0 saturated heterocycles. The largest absolute Gasteiger partial charge is 0.266 e. The quantitative estimate of drug-likeness (QED) is 0.553. The fourth-order valence-corrected chi connectivity index (χ4v) is 3.20. The Morgan fingerprint density at radius 1 is 1.18 bits per heavy atom. The van der Waals surface area contributed by atoms with Crippen LogP contribution < -0.4 is 0 Å². The van der Waals surface area contributed by atoms with Crippen LogP contribution in [0.5, 0.6) is 0 Å². The fourth-order valence-electron chi connectivity index (χ4n) is 3.20. The Hall–Kier alpha value is -1.25. The summed E-state index contributed by atoms with van der Waals surface area (Å²) in [7, 11) is 0. The highest BCUT2D eigenvalue weighted by atomic mass is 19.3. The van der Waals surface area contributed by atoms with Gasteiger partial charge in [-0.1, -0.05) is 44.1 Å². The van der Waals surface area contributed by atoms with Gasteiger partial charge >= 0.3 is 0 Å². The second-order valence-corrected chi connectivity index (χ2v) is 6.56. The van der Waals surface area contributed by atoms with Crippen molar-refractivity contribution in [2.75, 3.05) is 0 Å². The highest BCUT2D eigenvalue weighted by Crippen LogP contribution is 2.30. The van der Waals surface area contributed by atoms with Crippen molar-refractivity contribution in [2.45, 2.75) is 58.8 Å². The molecular formula is C19H25F3. The molecule has 0 unspecified atom stereocenters. The van der Waals surface area contributed by atoms with Crippen LogP contribution in [0.2, 0.25) is 0 Å². The number of allylic oxidation sites excluding steroid dienone is 2. The van der Waals surface area contributed by atoms with Gasteiger partial charge < -0.3 is 0 Å². The molecule has 0 bridgehead atoms. The van der Waals surface area contributed by atoms with Crippen molar-refractivity contribution in [3.63, 3.8) is 0 Å². The molecule has 1 aromatic rings. The van der Waals surface area contributed by atoms with Gasteiger partial charge in [0, 0.05) is 0 Å². The summed E-state index contributed by atoms with van der Waals surface area (Å²) in [6.45, 7) is 3.82. The van der Waals surface area contributed by atoms with Crippen molar-refractivity contribution in [3.05, 3.63) is 46.8 Å². The third-order valence-corrected chi connectivity index (χ3v) is 4.75. The summed E-state index contributed by atoms with van der Waals surface area (Å²) in [5.74, 6) is 0.740. The van der Waals surface area contributed by atoms with E-state index in [4.69, 9.17) is 0 Å². The minimum atomic E-state index is -2.75. The van der Waals surface area contributed by atoms with E-state index in [1.807, 2.05) is 0 Å². The van der Waals surface area contributed by atoms with Crippen LogP contribution in [0, 0.1) is 24.6 Å². The molecule has 0 nitrogen and oxygen atoms in total. The second-order valence-electron chi connectivity index (χ2n) is 6.56. The fraction of sp³-hybridized carbons (Fsp3) is 0.579. The zero-order chi connectivity index (χ0) is 16.1. The van der Waals surface area contributed by atoms with Gasteiger partial charge in [0.15, 0.2) is 0 Å². The molecule has 0 atom stereocenters. The van der Waals surface area contributed by atoms with Crippen LogP contribution in [0.1, 0.15) is 62.1 Å². The first-order chi connectivity index (χ1) is 10.5. The molecule has 0 amide bonds.